The van der Waals surface area contributed by atoms with Crippen LogP contribution in [0.25, 0.3) is 0 Å². The van der Waals surface area contributed by atoms with E-state index in [4.69, 9.17) is 0 Å². The van der Waals surface area contributed by atoms with Gasteiger partial charge >= 0.3 is 11.4 Å². The Hall–Kier alpha value is -2.31. The van der Waals surface area contributed by atoms with Crippen LogP contribution in [0, 0.1) is 26.1 Å². The van der Waals surface area contributed by atoms with Gasteiger partial charge in [0, 0.05) is 12.0 Å². The van der Waals surface area contributed by atoms with E-state index < -0.39 is 38.3 Å². The highest BCUT2D eigenvalue weighted by atomic mass is 16.6. The lowest BCUT2D eigenvalue weighted by atomic mass is 9.80. The fourth-order valence-electron chi connectivity index (χ4n) is 2.08. The van der Waals surface area contributed by atoms with Gasteiger partial charge in [0.05, 0.1) is 9.85 Å². The maximum atomic E-state index is 12.4. The first-order chi connectivity index (χ1) is 9.48. The largest absolute Gasteiger partial charge is 0.357 e. The molecule has 0 atom stereocenters. The molecule has 0 saturated carbocycles. The predicted molar refractivity (Wildman–Crippen MR) is 77.6 cm³/mol. The maximum absolute atomic E-state index is 12.4. The normalized spacial score (nSPS) is 11.5. The minimum Gasteiger partial charge on any atom is -0.294 e. The third kappa shape index (κ3) is 3.24. The van der Waals surface area contributed by atoms with Crippen LogP contribution in [0.4, 0.5) is 11.4 Å². The molecule has 0 radical (unpaired) electrons. The molecule has 1 aromatic carbocycles. The molecule has 0 aliphatic carbocycles. The summed E-state index contributed by atoms with van der Waals surface area (Å²) in [6.45, 7) is 8.62. The van der Waals surface area contributed by atoms with Crippen LogP contribution in [0.15, 0.2) is 12.1 Å². The van der Waals surface area contributed by atoms with E-state index >= 15 is 0 Å². The van der Waals surface area contributed by atoms with Crippen molar-refractivity contribution in [2.45, 2.75) is 40.0 Å². The minimum absolute atomic E-state index is 0.156. The van der Waals surface area contributed by atoms with Gasteiger partial charge in [-0.2, -0.15) is 0 Å². The highest BCUT2D eigenvalue weighted by Crippen LogP contribution is 2.39. The topological polar surface area (TPSA) is 103 Å². The van der Waals surface area contributed by atoms with Crippen molar-refractivity contribution in [2.24, 2.45) is 5.92 Å². The van der Waals surface area contributed by atoms with E-state index in [2.05, 4.69) is 0 Å². The number of nitrogens with zero attached hydrogens (tertiary/aromatic N) is 2. The Morgan fingerprint density at radius 1 is 1.10 bits per heavy atom. The number of carbonyl (C=O) groups excluding carboxylic acids is 1. The Morgan fingerprint density at radius 2 is 1.62 bits per heavy atom. The van der Waals surface area contributed by atoms with Gasteiger partial charge in [0.2, 0.25) is 0 Å². The Morgan fingerprint density at radius 3 is 1.95 bits per heavy atom. The van der Waals surface area contributed by atoms with Crippen LogP contribution in [0.1, 0.15) is 50.5 Å². The van der Waals surface area contributed by atoms with Crippen LogP contribution in [-0.2, 0) is 5.41 Å². The van der Waals surface area contributed by atoms with Crippen LogP contribution in [0.2, 0.25) is 0 Å². The van der Waals surface area contributed by atoms with E-state index in [1.807, 2.05) is 0 Å². The highest BCUT2D eigenvalue weighted by molar-refractivity contribution is 6.04. The number of hydrogen-bond donors (Lipinski definition) is 0. The van der Waals surface area contributed by atoms with Gasteiger partial charge in [0.1, 0.15) is 5.56 Å². The molecule has 0 aromatic heterocycles. The molecule has 0 N–H and O–H groups in total. The summed E-state index contributed by atoms with van der Waals surface area (Å²) < 4.78 is 0. The van der Waals surface area contributed by atoms with Gasteiger partial charge in [-0.25, -0.2) is 0 Å². The monoisotopic (exact) mass is 294 g/mol. The summed E-state index contributed by atoms with van der Waals surface area (Å²) in [5, 5.41) is 22.3. The van der Waals surface area contributed by atoms with Crippen molar-refractivity contribution >= 4 is 17.2 Å². The first kappa shape index (κ1) is 16.7. The van der Waals surface area contributed by atoms with Crippen molar-refractivity contribution in [3.63, 3.8) is 0 Å². The van der Waals surface area contributed by atoms with Gasteiger partial charge in [-0.15, -0.1) is 0 Å². The molecule has 21 heavy (non-hydrogen) atoms. The molecular formula is C14H18N2O5. The average Bonchev–Trinajstić information content (AvgIpc) is 2.34. The average molecular weight is 294 g/mol. The number of hydrogen-bond acceptors (Lipinski definition) is 5. The van der Waals surface area contributed by atoms with Crippen molar-refractivity contribution in [1.82, 2.24) is 0 Å². The Bertz CT molecular complexity index is 615. The Kier molecular flexibility index (Phi) is 4.46. The van der Waals surface area contributed by atoms with Gasteiger partial charge in [-0.1, -0.05) is 40.7 Å². The summed E-state index contributed by atoms with van der Waals surface area (Å²) >= 11 is 0. The third-order valence-electron chi connectivity index (χ3n) is 3.11. The number of carbonyl (C=O) groups is 1. The zero-order valence-electron chi connectivity index (χ0n) is 12.7. The lowest BCUT2D eigenvalue weighted by molar-refractivity contribution is -0.422. The van der Waals surface area contributed by atoms with E-state index in [1.165, 1.54) is 6.07 Å². The molecule has 0 spiro atoms. The van der Waals surface area contributed by atoms with Gasteiger partial charge < -0.3 is 0 Å². The SMILES string of the molecule is CC(C)C(=O)c1c(C(C)(C)C)ccc([N+](=O)[O-])c1[N+](=O)[O-]. The van der Waals surface area contributed by atoms with E-state index in [0.717, 1.165) is 6.07 Å². The summed E-state index contributed by atoms with van der Waals surface area (Å²) in [6.07, 6.45) is 0. The molecule has 1 aromatic rings. The fraction of sp³-hybridized carbons (Fsp3) is 0.500. The Labute approximate surface area is 122 Å². The molecule has 0 aliphatic heterocycles. The summed E-state index contributed by atoms with van der Waals surface area (Å²) in [5.41, 5.74) is -1.63. The number of nitro groups is 2. The molecule has 7 heteroatoms. The van der Waals surface area contributed by atoms with Crippen LogP contribution in [0.3, 0.4) is 0 Å². The van der Waals surface area contributed by atoms with Crippen LogP contribution in [0.5, 0.6) is 0 Å². The molecular weight excluding hydrogens is 276 g/mol. The zero-order valence-corrected chi connectivity index (χ0v) is 12.7. The van der Waals surface area contributed by atoms with Gasteiger partial charge in [-0.05, 0) is 11.0 Å². The first-order valence-corrected chi connectivity index (χ1v) is 6.49. The standard InChI is InChI=1S/C14H18N2O5/c1-8(2)13(17)11-9(14(3,4)5)6-7-10(15(18)19)12(11)16(20)21/h6-8H,1-5H3. The van der Waals surface area contributed by atoms with Crippen molar-refractivity contribution in [2.75, 3.05) is 0 Å². The molecule has 0 saturated heterocycles. The number of rotatable bonds is 4. The molecule has 0 amide bonds. The quantitative estimate of drug-likeness (QED) is 0.479. The summed E-state index contributed by atoms with van der Waals surface area (Å²) in [6, 6.07) is 2.52. The molecule has 0 fully saturated rings. The fourth-order valence-corrected chi connectivity index (χ4v) is 2.08. The van der Waals surface area contributed by atoms with Crippen molar-refractivity contribution in [3.8, 4) is 0 Å². The molecule has 114 valence electrons. The number of nitro benzene ring substituents is 2. The van der Waals surface area contributed by atoms with E-state index in [1.54, 1.807) is 34.6 Å². The van der Waals surface area contributed by atoms with E-state index in [9.17, 15) is 25.0 Å². The van der Waals surface area contributed by atoms with Crippen molar-refractivity contribution in [1.29, 1.82) is 0 Å². The summed E-state index contributed by atoms with van der Waals surface area (Å²) in [5.74, 6) is -0.956. The second-order valence-electron chi connectivity index (χ2n) is 6.14. The summed E-state index contributed by atoms with van der Waals surface area (Å²) in [4.78, 5) is 33.0. The molecule has 7 nitrogen and oxygen atoms in total. The molecule has 0 aliphatic rings. The highest BCUT2D eigenvalue weighted by Gasteiger charge is 2.37. The van der Waals surface area contributed by atoms with Crippen molar-refractivity contribution in [3.05, 3.63) is 43.5 Å². The predicted octanol–water partition coefficient (Wildman–Crippen LogP) is 3.64. The number of Topliss-reactive ketones (excluding diaryl/α,β-unsaturated/α-hetero) is 1. The second-order valence-corrected chi connectivity index (χ2v) is 6.14. The van der Waals surface area contributed by atoms with Crippen LogP contribution in [-0.4, -0.2) is 15.6 Å². The number of ketones is 1. The van der Waals surface area contributed by atoms with Gasteiger partial charge in [-0.3, -0.25) is 25.0 Å². The maximum Gasteiger partial charge on any atom is 0.357 e. The number of benzene rings is 1. The first-order valence-electron chi connectivity index (χ1n) is 6.49. The second kappa shape index (κ2) is 5.59. The molecule has 0 unspecified atom stereocenters. The van der Waals surface area contributed by atoms with Gasteiger partial charge in [0.25, 0.3) is 0 Å². The van der Waals surface area contributed by atoms with E-state index in [0.29, 0.717) is 5.56 Å². The smallest absolute Gasteiger partial charge is 0.294 e. The minimum atomic E-state index is -0.844. The lowest BCUT2D eigenvalue weighted by Gasteiger charge is -2.22. The lowest BCUT2D eigenvalue weighted by Crippen LogP contribution is -2.21. The molecule has 1 rings (SSSR count). The van der Waals surface area contributed by atoms with Gasteiger partial charge in [0.15, 0.2) is 5.78 Å². The Balaban J connectivity index is 3.89. The third-order valence-corrected chi connectivity index (χ3v) is 3.11. The summed E-state index contributed by atoms with van der Waals surface area (Å²) in [7, 11) is 0. The zero-order chi connectivity index (χ0) is 16.5. The molecule has 0 bridgehead atoms. The van der Waals surface area contributed by atoms with Crippen LogP contribution >= 0.6 is 0 Å². The molecule has 0 heterocycles. The van der Waals surface area contributed by atoms with Crippen molar-refractivity contribution < 1.29 is 14.6 Å². The van der Waals surface area contributed by atoms with Crippen LogP contribution < -0.4 is 0 Å². The van der Waals surface area contributed by atoms with E-state index in [-0.39, 0.29) is 5.56 Å².